The van der Waals surface area contributed by atoms with Crippen LogP contribution in [-0.4, -0.2) is 50.8 Å². The van der Waals surface area contributed by atoms with Crippen molar-refractivity contribution in [2.75, 3.05) is 13.2 Å². The highest BCUT2D eigenvalue weighted by Gasteiger charge is 2.53. The maximum Gasteiger partial charge on any atom is 0.347 e. The number of phenols is 1. The Morgan fingerprint density at radius 3 is 2.48 bits per heavy atom. The lowest BCUT2D eigenvalue weighted by atomic mass is 9.91. The first-order valence-corrected chi connectivity index (χ1v) is 10.2. The average Bonchev–Trinajstić information content (AvgIpc) is 3.02. The molecule has 3 rings (SSSR count). The summed E-state index contributed by atoms with van der Waals surface area (Å²) in [6.45, 7) is 6.19. The lowest BCUT2D eigenvalue weighted by Crippen LogP contribution is -2.60. The van der Waals surface area contributed by atoms with Crippen molar-refractivity contribution in [3.8, 4) is 5.75 Å². The van der Waals surface area contributed by atoms with Gasteiger partial charge in [0.1, 0.15) is 11.5 Å². The first-order chi connectivity index (χ1) is 13.6. The number of halogens is 2. The van der Waals surface area contributed by atoms with E-state index in [-0.39, 0.29) is 46.2 Å². The van der Waals surface area contributed by atoms with Gasteiger partial charge in [0.05, 0.1) is 28.7 Å². The monoisotopic (exact) mass is 442 g/mol. The molecule has 1 atom stereocenters. The maximum atomic E-state index is 13.2. The second kappa shape index (κ2) is 8.05. The molecule has 0 aliphatic carbocycles. The fraction of sp³-hybridized carbons (Fsp3) is 0.500. The number of aliphatic hydroxyl groups is 1. The summed E-state index contributed by atoms with van der Waals surface area (Å²) >= 11 is 12.5. The van der Waals surface area contributed by atoms with Crippen LogP contribution in [0.15, 0.2) is 23.5 Å². The van der Waals surface area contributed by atoms with Crippen LogP contribution < -0.4 is 0 Å². The molecule has 1 aromatic rings. The Balaban J connectivity index is 2.01. The van der Waals surface area contributed by atoms with E-state index >= 15 is 0 Å². The molecule has 1 fully saturated rings. The van der Waals surface area contributed by atoms with Crippen molar-refractivity contribution < 1.29 is 24.5 Å². The second-order valence-electron chi connectivity index (χ2n) is 7.97. The van der Waals surface area contributed by atoms with Gasteiger partial charge >= 0.3 is 5.97 Å². The van der Waals surface area contributed by atoms with Gasteiger partial charge in [-0.25, -0.2) is 9.80 Å². The van der Waals surface area contributed by atoms with Gasteiger partial charge in [0.2, 0.25) is 0 Å². The molecular weight excluding hydrogens is 419 g/mol. The van der Waals surface area contributed by atoms with Crippen molar-refractivity contribution in [2.45, 2.75) is 45.7 Å². The first kappa shape index (κ1) is 21.7. The molecule has 1 amide bonds. The van der Waals surface area contributed by atoms with Crippen LogP contribution in [0.25, 0.3) is 0 Å². The van der Waals surface area contributed by atoms with Gasteiger partial charge in [0, 0.05) is 12.1 Å². The van der Waals surface area contributed by atoms with Crippen LogP contribution in [0.5, 0.6) is 5.75 Å². The van der Waals surface area contributed by atoms with Gasteiger partial charge in [0.25, 0.3) is 5.91 Å². The summed E-state index contributed by atoms with van der Waals surface area (Å²) in [6, 6.07) is 2.68. The number of rotatable bonds is 5. The molecule has 0 aromatic heterocycles. The molecule has 9 heteroatoms. The summed E-state index contributed by atoms with van der Waals surface area (Å²) in [4.78, 5) is 25.9. The minimum Gasteiger partial charge on any atom is -0.509 e. The smallest absolute Gasteiger partial charge is 0.347 e. The molecule has 0 spiro atoms. The fourth-order valence-corrected chi connectivity index (χ4v) is 4.33. The van der Waals surface area contributed by atoms with Crippen LogP contribution in [0.2, 0.25) is 10.0 Å². The summed E-state index contributed by atoms with van der Waals surface area (Å²) in [5.74, 6) is -1.79. The number of aliphatic hydroxyl groups excluding tert-OH is 1. The zero-order chi connectivity index (χ0) is 21.5. The fourth-order valence-electron chi connectivity index (χ4n) is 3.73. The van der Waals surface area contributed by atoms with E-state index < -0.39 is 17.4 Å². The van der Waals surface area contributed by atoms with E-state index in [0.29, 0.717) is 18.5 Å². The van der Waals surface area contributed by atoms with Gasteiger partial charge in [-0.05, 0) is 37.8 Å². The number of fused-ring (bicyclic) bond motifs is 1. The molecule has 0 saturated carbocycles. The second-order valence-corrected chi connectivity index (χ2v) is 8.78. The molecule has 7 nitrogen and oxygen atoms in total. The number of ether oxygens (including phenoxy) is 1. The zero-order valence-electron chi connectivity index (χ0n) is 16.5. The third-order valence-electron chi connectivity index (χ3n) is 5.28. The number of phenolic OH excluding ortho intramolecular Hbond substituents is 1. The van der Waals surface area contributed by atoms with E-state index in [0.717, 1.165) is 6.42 Å². The molecule has 158 valence electrons. The number of nitrogens with zero attached hydrogens (tertiary/aromatic N) is 2. The molecule has 0 bridgehead atoms. The van der Waals surface area contributed by atoms with E-state index in [2.05, 4.69) is 0 Å². The van der Waals surface area contributed by atoms with Crippen LogP contribution in [0.1, 0.15) is 39.2 Å². The summed E-state index contributed by atoms with van der Waals surface area (Å²) in [7, 11) is 0. The molecule has 2 heterocycles. The molecule has 1 aromatic carbocycles. The van der Waals surface area contributed by atoms with Crippen LogP contribution in [0, 0.1) is 5.92 Å². The largest absolute Gasteiger partial charge is 0.509 e. The molecule has 2 N–H and O–H groups in total. The van der Waals surface area contributed by atoms with E-state index in [1.165, 1.54) is 17.1 Å². The number of amides is 1. The Kier molecular flexibility index (Phi) is 6.03. The first-order valence-electron chi connectivity index (χ1n) is 9.43. The minimum atomic E-state index is -0.907. The number of aromatic hydroxyl groups is 1. The maximum absolute atomic E-state index is 13.2. The van der Waals surface area contributed by atoms with E-state index in [1.807, 2.05) is 13.8 Å². The van der Waals surface area contributed by atoms with Crippen molar-refractivity contribution in [1.29, 1.82) is 0 Å². The summed E-state index contributed by atoms with van der Waals surface area (Å²) in [5.41, 5.74) is -0.835. The predicted octanol–water partition coefficient (Wildman–Crippen LogP) is 3.82. The Morgan fingerprint density at radius 2 is 1.90 bits per heavy atom. The van der Waals surface area contributed by atoms with Crippen LogP contribution in [0.3, 0.4) is 0 Å². The SMILES string of the molecule is CC(C)COC(=O)C1=C(O)C2(C)CCCN2N(Cc2c(Cl)cc(O)cc2Cl)C1=O. The van der Waals surface area contributed by atoms with Crippen molar-refractivity contribution >= 4 is 35.1 Å². The zero-order valence-corrected chi connectivity index (χ0v) is 18.0. The number of carbonyl (C=O) groups excluding carboxylic acids is 2. The van der Waals surface area contributed by atoms with E-state index in [9.17, 15) is 19.8 Å². The Bertz CT molecular complexity index is 863. The molecule has 0 radical (unpaired) electrons. The molecule has 29 heavy (non-hydrogen) atoms. The molecule has 2 aliphatic rings. The van der Waals surface area contributed by atoms with E-state index in [1.54, 1.807) is 11.9 Å². The predicted molar refractivity (Wildman–Crippen MR) is 108 cm³/mol. The third-order valence-corrected chi connectivity index (χ3v) is 5.95. The molecule has 1 saturated heterocycles. The van der Waals surface area contributed by atoms with Crippen molar-refractivity contribution in [1.82, 2.24) is 10.0 Å². The number of benzene rings is 1. The van der Waals surface area contributed by atoms with E-state index in [4.69, 9.17) is 27.9 Å². The number of esters is 1. The van der Waals surface area contributed by atoms with Gasteiger partial charge in [-0.1, -0.05) is 37.0 Å². The highest BCUT2D eigenvalue weighted by atomic mass is 35.5. The topological polar surface area (TPSA) is 90.3 Å². The minimum absolute atomic E-state index is 0.0133. The number of hydrogen-bond donors (Lipinski definition) is 2. The standard InChI is InChI=1S/C20H24Cl2N2O5/c1-11(2)10-29-19(28)16-17(26)20(3)5-4-6-24(20)23(18(16)27)9-13-14(21)7-12(25)8-15(13)22/h7-8,11,25-26H,4-6,9-10H2,1-3H3. The third kappa shape index (κ3) is 3.91. The van der Waals surface area contributed by atoms with Crippen molar-refractivity contribution in [3.05, 3.63) is 39.1 Å². The van der Waals surface area contributed by atoms with Gasteiger partial charge in [-0.15, -0.1) is 0 Å². The van der Waals surface area contributed by atoms with Crippen molar-refractivity contribution in [2.24, 2.45) is 5.92 Å². The highest BCUT2D eigenvalue weighted by molar-refractivity contribution is 6.36. The quantitative estimate of drug-likeness (QED) is 0.531. The summed E-state index contributed by atoms with van der Waals surface area (Å²) < 4.78 is 5.23. The lowest BCUT2D eigenvalue weighted by molar-refractivity contribution is -0.164. The summed E-state index contributed by atoms with van der Waals surface area (Å²) in [6.07, 6.45) is 1.30. The normalized spacial score (nSPS) is 22.4. The van der Waals surface area contributed by atoms with Crippen LogP contribution >= 0.6 is 23.2 Å². The van der Waals surface area contributed by atoms with Gasteiger partial charge in [-0.3, -0.25) is 9.80 Å². The number of hydrogen-bond acceptors (Lipinski definition) is 6. The van der Waals surface area contributed by atoms with Gasteiger partial charge in [0.15, 0.2) is 5.57 Å². The number of carbonyl (C=O) groups is 2. The Labute approximate surface area is 179 Å². The van der Waals surface area contributed by atoms with Crippen molar-refractivity contribution in [3.63, 3.8) is 0 Å². The number of hydrazine groups is 1. The molecule has 2 aliphatic heterocycles. The summed E-state index contributed by atoms with van der Waals surface area (Å²) in [5, 5.41) is 24.0. The van der Waals surface area contributed by atoms with Gasteiger partial charge in [-0.2, -0.15) is 0 Å². The molecular formula is C20H24Cl2N2O5. The van der Waals surface area contributed by atoms with Gasteiger partial charge < -0.3 is 14.9 Å². The molecule has 1 unspecified atom stereocenters. The Hall–Kier alpha value is -1.96. The van der Waals surface area contributed by atoms with Crippen LogP contribution in [0.4, 0.5) is 0 Å². The average molecular weight is 443 g/mol. The Morgan fingerprint density at radius 1 is 1.28 bits per heavy atom. The van der Waals surface area contributed by atoms with Crippen LogP contribution in [-0.2, 0) is 20.9 Å². The lowest BCUT2D eigenvalue weighted by Gasteiger charge is -2.46. The highest BCUT2D eigenvalue weighted by Crippen LogP contribution is 2.42.